The topological polar surface area (TPSA) is 3.24 Å². The second-order valence-electron chi connectivity index (χ2n) is 15.5. The Hall–Kier alpha value is -5.14. The van der Waals surface area contributed by atoms with E-state index >= 15 is 0 Å². The summed E-state index contributed by atoms with van der Waals surface area (Å²) in [7, 11) is 0. The van der Waals surface area contributed by atoms with E-state index in [2.05, 4.69) is 187 Å². The zero-order valence-electron chi connectivity index (χ0n) is 29.8. The van der Waals surface area contributed by atoms with Crippen molar-refractivity contribution >= 4 is 38.6 Å². The van der Waals surface area contributed by atoms with Crippen molar-refractivity contribution in [2.75, 3.05) is 4.90 Å². The molecule has 1 nitrogen and oxygen atoms in total. The van der Waals surface area contributed by atoms with Crippen molar-refractivity contribution < 1.29 is 0 Å². The van der Waals surface area contributed by atoms with Gasteiger partial charge in [-0.05, 0) is 156 Å². The molecule has 1 aliphatic rings. The van der Waals surface area contributed by atoms with Crippen LogP contribution in [0.2, 0.25) is 0 Å². The minimum atomic E-state index is 0.152. The first-order valence-corrected chi connectivity index (χ1v) is 17.8. The van der Waals surface area contributed by atoms with E-state index in [1.165, 1.54) is 88.7 Å². The maximum absolute atomic E-state index is 2.41. The van der Waals surface area contributed by atoms with Gasteiger partial charge < -0.3 is 4.90 Å². The summed E-state index contributed by atoms with van der Waals surface area (Å²) < 4.78 is 0. The van der Waals surface area contributed by atoms with E-state index < -0.39 is 0 Å². The summed E-state index contributed by atoms with van der Waals surface area (Å²) in [4.78, 5) is 2.41. The summed E-state index contributed by atoms with van der Waals surface area (Å²) >= 11 is 0. The Morgan fingerprint density at radius 2 is 0.918 bits per heavy atom. The molecule has 0 saturated heterocycles. The van der Waals surface area contributed by atoms with Gasteiger partial charge in [0.2, 0.25) is 0 Å². The maximum Gasteiger partial charge on any atom is 0.0468 e. The van der Waals surface area contributed by atoms with Crippen molar-refractivity contribution in [1.82, 2.24) is 0 Å². The van der Waals surface area contributed by atoms with Gasteiger partial charge in [-0.1, -0.05) is 115 Å². The summed E-state index contributed by atoms with van der Waals surface area (Å²) in [5, 5.41) is 5.11. The van der Waals surface area contributed by atoms with E-state index in [9.17, 15) is 0 Å². The molecule has 0 unspecified atom stereocenters. The van der Waals surface area contributed by atoms with Crippen LogP contribution in [0.25, 0.3) is 54.9 Å². The van der Waals surface area contributed by atoms with Gasteiger partial charge in [-0.25, -0.2) is 0 Å². The molecule has 0 bridgehead atoms. The fourth-order valence-corrected chi connectivity index (χ4v) is 7.37. The number of rotatable bonds is 6. The van der Waals surface area contributed by atoms with Crippen LogP contribution in [0.1, 0.15) is 77.0 Å². The van der Waals surface area contributed by atoms with Crippen LogP contribution in [0.4, 0.5) is 17.1 Å². The average molecular weight is 636 g/mol. The summed E-state index contributed by atoms with van der Waals surface area (Å²) in [6.45, 7) is 15.8. The Morgan fingerprint density at radius 1 is 0.408 bits per heavy atom. The zero-order valence-corrected chi connectivity index (χ0v) is 29.8. The highest BCUT2D eigenvalue weighted by molar-refractivity contribution is 6.12. The molecule has 8 rings (SSSR count). The lowest BCUT2D eigenvalue weighted by Gasteiger charge is -2.28. The van der Waals surface area contributed by atoms with Crippen LogP contribution in [0.15, 0.2) is 133 Å². The van der Waals surface area contributed by atoms with Crippen molar-refractivity contribution in [3.63, 3.8) is 0 Å². The van der Waals surface area contributed by atoms with Gasteiger partial charge in [-0.3, -0.25) is 0 Å². The second kappa shape index (κ2) is 11.8. The molecule has 0 aromatic heterocycles. The molecular formula is C48H45N. The standard InChI is InChI=1S/C48H45N/c1-30(2)32-15-20-41(21-16-32)49(42-10-8-9-34(24-42)31(3)4)43-22-17-37-27-45-44-26-36-12-11-35(33-13-18-40(19-14-33)48(5,6)7)23-38(36)28-46(44)47(45)29-39(37)25-43/h8-31H,1-7H3. The molecule has 7 aromatic carbocycles. The van der Waals surface area contributed by atoms with Crippen molar-refractivity contribution in [3.05, 3.63) is 150 Å². The Morgan fingerprint density at radius 3 is 1.51 bits per heavy atom. The molecule has 0 radical (unpaired) electrons. The Kier molecular flexibility index (Phi) is 7.49. The van der Waals surface area contributed by atoms with Crippen LogP contribution in [0.5, 0.6) is 0 Å². The third-order valence-corrected chi connectivity index (χ3v) is 10.5. The molecule has 0 spiro atoms. The van der Waals surface area contributed by atoms with E-state index in [-0.39, 0.29) is 5.41 Å². The monoisotopic (exact) mass is 635 g/mol. The second-order valence-corrected chi connectivity index (χ2v) is 15.5. The van der Waals surface area contributed by atoms with Crippen LogP contribution in [0, 0.1) is 0 Å². The largest absolute Gasteiger partial charge is 0.310 e. The lowest BCUT2D eigenvalue weighted by atomic mass is 9.77. The van der Waals surface area contributed by atoms with E-state index in [0.717, 1.165) is 0 Å². The van der Waals surface area contributed by atoms with Crippen LogP contribution >= 0.6 is 0 Å². The predicted octanol–water partition coefficient (Wildman–Crippen LogP) is 14.3. The third-order valence-electron chi connectivity index (χ3n) is 10.5. The first-order chi connectivity index (χ1) is 23.5. The molecule has 49 heavy (non-hydrogen) atoms. The molecule has 1 heteroatoms. The van der Waals surface area contributed by atoms with Crippen molar-refractivity contribution in [1.29, 1.82) is 0 Å². The Labute approximate surface area is 291 Å². The molecule has 0 aliphatic heterocycles. The summed E-state index contributed by atoms with van der Waals surface area (Å²) in [6.07, 6.45) is 0. The number of benzene rings is 7. The summed E-state index contributed by atoms with van der Waals surface area (Å²) in [5.74, 6) is 0.957. The first-order valence-electron chi connectivity index (χ1n) is 17.8. The van der Waals surface area contributed by atoms with Gasteiger partial charge in [-0.15, -0.1) is 0 Å². The van der Waals surface area contributed by atoms with Crippen molar-refractivity contribution in [3.8, 4) is 33.4 Å². The molecule has 0 atom stereocenters. The molecule has 0 N–H and O–H groups in total. The molecule has 242 valence electrons. The molecule has 7 aromatic rings. The first kappa shape index (κ1) is 31.1. The smallest absolute Gasteiger partial charge is 0.0468 e. The molecule has 0 fully saturated rings. The highest BCUT2D eigenvalue weighted by atomic mass is 15.1. The Balaban J connectivity index is 1.18. The van der Waals surface area contributed by atoms with E-state index in [4.69, 9.17) is 0 Å². The van der Waals surface area contributed by atoms with Gasteiger partial charge in [0.25, 0.3) is 0 Å². The normalized spacial score (nSPS) is 12.3. The Bertz CT molecular complexity index is 2350. The number of nitrogens with zero attached hydrogens (tertiary/aromatic N) is 1. The molecule has 0 saturated carbocycles. The minimum absolute atomic E-state index is 0.152. The van der Waals surface area contributed by atoms with Crippen LogP contribution in [0.3, 0.4) is 0 Å². The van der Waals surface area contributed by atoms with E-state index in [1.807, 2.05) is 0 Å². The van der Waals surface area contributed by atoms with Gasteiger partial charge in [0.05, 0.1) is 0 Å². The number of fused-ring (bicyclic) bond motifs is 6. The quantitative estimate of drug-likeness (QED) is 0.176. The maximum atomic E-state index is 2.41. The van der Waals surface area contributed by atoms with Crippen LogP contribution in [-0.2, 0) is 5.41 Å². The van der Waals surface area contributed by atoms with Gasteiger partial charge in [0.15, 0.2) is 0 Å². The van der Waals surface area contributed by atoms with Crippen molar-refractivity contribution in [2.45, 2.75) is 65.7 Å². The average Bonchev–Trinajstić information content (AvgIpc) is 3.10. The fraction of sp³-hybridized carbons (Fsp3) is 0.208. The van der Waals surface area contributed by atoms with E-state index in [1.54, 1.807) is 0 Å². The number of hydrogen-bond acceptors (Lipinski definition) is 1. The summed E-state index contributed by atoms with van der Waals surface area (Å²) in [6, 6.07) is 50.6. The van der Waals surface area contributed by atoms with Gasteiger partial charge in [0, 0.05) is 17.1 Å². The zero-order chi connectivity index (χ0) is 34.0. The minimum Gasteiger partial charge on any atom is -0.310 e. The molecule has 1 aliphatic carbocycles. The van der Waals surface area contributed by atoms with Gasteiger partial charge >= 0.3 is 0 Å². The SMILES string of the molecule is CC(C)c1ccc(N(c2cccc(C(C)C)c2)c2ccc3cc4c(cc3c2)-c2cc3cc(-c5ccc(C(C)(C)C)cc5)ccc3cc2-4)cc1. The van der Waals surface area contributed by atoms with Gasteiger partial charge in [0.1, 0.15) is 0 Å². The van der Waals surface area contributed by atoms with Crippen LogP contribution < -0.4 is 4.90 Å². The highest BCUT2D eigenvalue weighted by Gasteiger charge is 2.24. The predicted molar refractivity (Wildman–Crippen MR) is 213 cm³/mol. The van der Waals surface area contributed by atoms with Crippen LogP contribution in [-0.4, -0.2) is 0 Å². The lowest BCUT2D eigenvalue weighted by molar-refractivity contribution is 0.590. The van der Waals surface area contributed by atoms with Crippen molar-refractivity contribution in [2.24, 2.45) is 0 Å². The lowest BCUT2D eigenvalue weighted by Crippen LogP contribution is -2.10. The molecular weight excluding hydrogens is 591 g/mol. The highest BCUT2D eigenvalue weighted by Crippen LogP contribution is 2.51. The third kappa shape index (κ3) is 5.62. The molecule has 0 heterocycles. The molecule has 0 amide bonds. The van der Waals surface area contributed by atoms with Gasteiger partial charge in [-0.2, -0.15) is 0 Å². The number of hydrogen-bond donors (Lipinski definition) is 0. The summed E-state index contributed by atoms with van der Waals surface area (Å²) in [5.41, 5.74) is 15.7. The fourth-order valence-electron chi connectivity index (χ4n) is 7.37. The number of anilines is 3. The van der Waals surface area contributed by atoms with E-state index in [0.29, 0.717) is 11.8 Å².